The predicted molar refractivity (Wildman–Crippen MR) is 110 cm³/mol. The van der Waals surface area contributed by atoms with E-state index in [1.165, 1.54) is 12.8 Å². The van der Waals surface area contributed by atoms with Crippen molar-refractivity contribution in [2.75, 3.05) is 26.7 Å². The van der Waals surface area contributed by atoms with Gasteiger partial charge in [0.15, 0.2) is 0 Å². The summed E-state index contributed by atoms with van der Waals surface area (Å²) < 4.78 is 20.7. The normalized spacial score (nSPS) is 20.0. The molecule has 0 fully saturated rings. The zero-order valence-corrected chi connectivity index (χ0v) is 18.4. The summed E-state index contributed by atoms with van der Waals surface area (Å²) in [6, 6.07) is 0. The Balaban J connectivity index is 1.96. The van der Waals surface area contributed by atoms with E-state index in [9.17, 15) is 9.59 Å². The molecule has 1 N–H and O–H groups in total. The smallest absolute Gasteiger partial charge is 0.310 e. The number of carboxylic acids is 1. The fraction of sp³-hybridized carbons (Fsp3) is 0.700. The standard InChI is InChI=1S/C20H31N3O5S/c1-4-5-6-7-13-27-20-19(21-29-22-20)16-9-8-12-23(3,14-16)15(2)28-18(26)11-10-17(24)25/h9,15H,4-8,10-14H2,1-3H3/p+1/t15-,23?/m1/s1. The Morgan fingerprint density at radius 1 is 1.28 bits per heavy atom. The van der Waals surface area contributed by atoms with Crippen molar-refractivity contribution in [3.8, 4) is 5.88 Å². The highest BCUT2D eigenvalue weighted by atomic mass is 32.1. The second-order valence-corrected chi connectivity index (χ2v) is 8.22. The summed E-state index contributed by atoms with van der Waals surface area (Å²) in [4.78, 5) is 22.6. The number of hydrogen-bond donors (Lipinski definition) is 1. The van der Waals surface area contributed by atoms with Gasteiger partial charge in [-0.3, -0.25) is 14.1 Å². The van der Waals surface area contributed by atoms with E-state index in [1.807, 2.05) is 14.0 Å². The highest BCUT2D eigenvalue weighted by molar-refractivity contribution is 6.99. The number of hydrogen-bond acceptors (Lipinski definition) is 7. The lowest BCUT2D eigenvalue weighted by Gasteiger charge is -2.41. The predicted octanol–water partition coefficient (Wildman–Crippen LogP) is 3.48. The molecule has 0 radical (unpaired) electrons. The molecule has 0 bridgehead atoms. The zero-order chi connectivity index (χ0) is 21.3. The van der Waals surface area contributed by atoms with Crippen molar-refractivity contribution in [2.45, 2.75) is 65.0 Å². The molecule has 9 heteroatoms. The molecule has 162 valence electrons. The number of rotatable bonds is 12. The molecule has 1 aromatic rings. The van der Waals surface area contributed by atoms with E-state index in [1.54, 1.807) is 0 Å². The molecule has 8 nitrogen and oxygen atoms in total. The van der Waals surface area contributed by atoms with E-state index in [2.05, 4.69) is 21.7 Å². The van der Waals surface area contributed by atoms with Crippen LogP contribution in [0.25, 0.3) is 5.57 Å². The van der Waals surface area contributed by atoms with Gasteiger partial charge in [0.25, 0.3) is 5.88 Å². The molecule has 0 aromatic carbocycles. The molecule has 1 unspecified atom stereocenters. The zero-order valence-electron chi connectivity index (χ0n) is 17.6. The monoisotopic (exact) mass is 426 g/mol. The topological polar surface area (TPSA) is 98.6 Å². The van der Waals surface area contributed by atoms with Gasteiger partial charge in [0, 0.05) is 18.9 Å². The van der Waals surface area contributed by atoms with Crippen LogP contribution in [0.4, 0.5) is 0 Å². The van der Waals surface area contributed by atoms with Crippen LogP contribution in [0.3, 0.4) is 0 Å². The van der Waals surface area contributed by atoms with Gasteiger partial charge in [-0.2, -0.15) is 4.37 Å². The fourth-order valence-electron chi connectivity index (χ4n) is 3.30. The minimum absolute atomic E-state index is 0.117. The number of esters is 1. The third-order valence-corrected chi connectivity index (χ3v) is 5.80. The van der Waals surface area contributed by atoms with E-state index < -0.39 is 11.9 Å². The van der Waals surface area contributed by atoms with Crippen molar-refractivity contribution in [2.24, 2.45) is 0 Å². The van der Waals surface area contributed by atoms with Gasteiger partial charge >= 0.3 is 11.9 Å². The van der Waals surface area contributed by atoms with Crippen LogP contribution in [-0.4, -0.2) is 63.2 Å². The number of ether oxygens (including phenoxy) is 2. The molecule has 2 rings (SSSR count). The first-order valence-corrected chi connectivity index (χ1v) is 11.0. The van der Waals surface area contributed by atoms with Gasteiger partial charge in [-0.25, -0.2) is 0 Å². The Morgan fingerprint density at radius 3 is 2.79 bits per heavy atom. The van der Waals surface area contributed by atoms with Gasteiger partial charge in [0.1, 0.15) is 12.2 Å². The number of nitrogens with zero attached hydrogens (tertiary/aromatic N) is 3. The Hall–Kier alpha value is -2.00. The quantitative estimate of drug-likeness (QED) is 0.310. The van der Waals surface area contributed by atoms with Crippen molar-refractivity contribution >= 4 is 29.2 Å². The van der Waals surface area contributed by atoms with Crippen molar-refractivity contribution in [1.82, 2.24) is 8.75 Å². The van der Waals surface area contributed by atoms with Gasteiger partial charge in [0.2, 0.25) is 6.23 Å². The first-order chi connectivity index (χ1) is 13.9. The molecule has 0 spiro atoms. The SMILES string of the molecule is CCCCCCOc1nsnc1C1=CCC[N+](C)([C@@H](C)OC(=O)CCC(=O)O)C1. The number of quaternary nitrogens is 1. The average Bonchev–Trinajstić information content (AvgIpc) is 3.15. The van der Waals surface area contributed by atoms with Gasteiger partial charge in [-0.05, 0) is 6.42 Å². The molecular formula is C20H32N3O5S+. The minimum atomic E-state index is -1.00. The summed E-state index contributed by atoms with van der Waals surface area (Å²) in [6.45, 7) is 6.13. The highest BCUT2D eigenvalue weighted by Gasteiger charge is 2.36. The molecule has 0 aliphatic carbocycles. The van der Waals surface area contributed by atoms with Crippen molar-refractivity contribution in [3.63, 3.8) is 0 Å². The number of unbranched alkanes of at least 4 members (excludes halogenated alkanes) is 3. The van der Waals surface area contributed by atoms with Gasteiger partial charge in [-0.1, -0.05) is 32.3 Å². The molecule has 1 aromatic heterocycles. The number of carbonyl (C=O) groups excluding carboxylic acids is 1. The first kappa shape index (κ1) is 23.3. The van der Waals surface area contributed by atoms with Crippen molar-refractivity contribution < 1.29 is 28.7 Å². The summed E-state index contributed by atoms with van der Waals surface area (Å²) in [5, 5.41) is 8.72. The van der Waals surface area contributed by atoms with Gasteiger partial charge in [-0.15, -0.1) is 4.37 Å². The molecular weight excluding hydrogens is 394 g/mol. The van der Waals surface area contributed by atoms with Crippen LogP contribution in [0.2, 0.25) is 0 Å². The Kier molecular flexibility index (Phi) is 9.03. The van der Waals surface area contributed by atoms with Crippen LogP contribution in [0.15, 0.2) is 6.08 Å². The molecule has 29 heavy (non-hydrogen) atoms. The lowest BCUT2D eigenvalue weighted by molar-refractivity contribution is -0.944. The van der Waals surface area contributed by atoms with Crippen molar-refractivity contribution in [1.29, 1.82) is 0 Å². The molecule has 2 heterocycles. The van der Waals surface area contributed by atoms with Crippen LogP contribution < -0.4 is 4.74 Å². The molecule has 0 saturated carbocycles. The van der Waals surface area contributed by atoms with Crippen LogP contribution >= 0.6 is 11.7 Å². The van der Waals surface area contributed by atoms with E-state index >= 15 is 0 Å². The number of likely N-dealkylation sites (N-methyl/N-ethyl adjacent to an activating group) is 1. The minimum Gasteiger partial charge on any atom is -0.481 e. The third-order valence-electron chi connectivity index (χ3n) is 5.28. The Labute approximate surface area is 176 Å². The average molecular weight is 427 g/mol. The Bertz CT molecular complexity index is 721. The van der Waals surface area contributed by atoms with Crippen LogP contribution in [0, 0.1) is 0 Å². The molecule has 0 saturated heterocycles. The molecule has 2 atom stereocenters. The van der Waals surface area contributed by atoms with E-state index in [0.717, 1.165) is 48.8 Å². The number of aliphatic carboxylic acids is 1. The van der Waals surface area contributed by atoms with E-state index in [4.69, 9.17) is 14.6 Å². The number of carbonyl (C=O) groups is 2. The second-order valence-electron chi connectivity index (χ2n) is 7.69. The maximum atomic E-state index is 11.9. The van der Waals surface area contributed by atoms with Crippen LogP contribution in [0.5, 0.6) is 5.88 Å². The summed E-state index contributed by atoms with van der Waals surface area (Å²) >= 11 is 1.14. The van der Waals surface area contributed by atoms with Crippen LogP contribution in [-0.2, 0) is 14.3 Å². The molecule has 1 aliphatic heterocycles. The Morgan fingerprint density at radius 2 is 2.07 bits per heavy atom. The first-order valence-electron chi connectivity index (χ1n) is 10.3. The lowest BCUT2D eigenvalue weighted by atomic mass is 10.0. The van der Waals surface area contributed by atoms with Crippen molar-refractivity contribution in [3.05, 3.63) is 11.8 Å². The largest absolute Gasteiger partial charge is 0.481 e. The van der Waals surface area contributed by atoms with E-state index in [0.29, 0.717) is 23.5 Å². The maximum Gasteiger partial charge on any atom is 0.310 e. The molecule has 1 aliphatic rings. The second kappa shape index (κ2) is 11.3. The summed E-state index contributed by atoms with van der Waals surface area (Å²) in [5.74, 6) is -0.907. The summed E-state index contributed by atoms with van der Waals surface area (Å²) in [6.07, 6.45) is 6.80. The molecule has 0 amide bonds. The summed E-state index contributed by atoms with van der Waals surface area (Å²) in [5.41, 5.74) is 1.82. The van der Waals surface area contributed by atoms with Crippen LogP contribution in [0.1, 0.15) is 64.5 Å². The van der Waals surface area contributed by atoms with Gasteiger partial charge in [0.05, 0.1) is 44.8 Å². The number of carboxylic acid groups (broad SMARTS) is 1. The highest BCUT2D eigenvalue weighted by Crippen LogP contribution is 2.31. The third kappa shape index (κ3) is 7.08. The fourth-order valence-corrected chi connectivity index (χ4v) is 3.83. The van der Waals surface area contributed by atoms with Gasteiger partial charge < -0.3 is 14.6 Å². The maximum absolute atomic E-state index is 11.9. The summed E-state index contributed by atoms with van der Waals surface area (Å²) in [7, 11) is 2.03. The van der Waals surface area contributed by atoms with E-state index in [-0.39, 0.29) is 19.1 Å². The lowest BCUT2D eigenvalue weighted by Crippen LogP contribution is -2.55. The number of aromatic nitrogens is 2.